The summed E-state index contributed by atoms with van der Waals surface area (Å²) in [5.41, 5.74) is 5.27. The summed E-state index contributed by atoms with van der Waals surface area (Å²) >= 11 is 0. The normalized spacial score (nSPS) is 25.0. The summed E-state index contributed by atoms with van der Waals surface area (Å²) in [6, 6.07) is 1.20. The van der Waals surface area contributed by atoms with Gasteiger partial charge in [-0.2, -0.15) is 5.26 Å². The van der Waals surface area contributed by atoms with Crippen LogP contribution in [0.15, 0.2) is 0 Å². The monoisotopic (exact) mass is 141 g/mol. The summed E-state index contributed by atoms with van der Waals surface area (Å²) in [5.74, 6) is -0.318. The lowest BCUT2D eigenvalue weighted by Crippen LogP contribution is -2.34. The number of hydroxylamine groups is 2. The smallest absolute Gasteiger partial charge is 0.266 e. The number of nitrogens with zero attached hydrogens (tertiary/aromatic N) is 2. The molecule has 5 nitrogen and oxygen atoms in total. The quantitative estimate of drug-likeness (QED) is 0.456. The van der Waals surface area contributed by atoms with Crippen molar-refractivity contribution in [1.29, 1.82) is 5.26 Å². The van der Waals surface area contributed by atoms with Crippen molar-refractivity contribution in [2.45, 2.75) is 6.04 Å². The summed E-state index contributed by atoms with van der Waals surface area (Å²) in [4.78, 5) is 15.6. The van der Waals surface area contributed by atoms with E-state index in [4.69, 9.17) is 15.8 Å². The lowest BCUT2D eigenvalue weighted by Gasteiger charge is -2.07. The van der Waals surface area contributed by atoms with Crippen LogP contribution in [-0.2, 0) is 9.63 Å². The van der Waals surface area contributed by atoms with Gasteiger partial charge in [0, 0.05) is 0 Å². The number of rotatable bonds is 1. The van der Waals surface area contributed by atoms with Crippen LogP contribution in [0, 0.1) is 11.3 Å². The molecule has 10 heavy (non-hydrogen) atoms. The van der Waals surface area contributed by atoms with Gasteiger partial charge in [-0.3, -0.25) is 9.63 Å². The van der Waals surface area contributed by atoms with Crippen LogP contribution in [0.1, 0.15) is 0 Å². The number of nitriles is 1. The van der Waals surface area contributed by atoms with Crippen LogP contribution in [0.4, 0.5) is 0 Å². The molecule has 1 rings (SSSR count). The molecule has 1 amide bonds. The average Bonchev–Trinajstić information content (AvgIpc) is 2.20. The second-order valence-electron chi connectivity index (χ2n) is 1.94. The molecule has 1 aliphatic rings. The lowest BCUT2D eigenvalue weighted by atomic mass is 10.3. The van der Waals surface area contributed by atoms with E-state index in [1.165, 1.54) is 0 Å². The molecule has 1 fully saturated rings. The Morgan fingerprint density at radius 2 is 2.70 bits per heavy atom. The highest BCUT2D eigenvalue weighted by molar-refractivity contribution is 5.82. The summed E-state index contributed by atoms with van der Waals surface area (Å²) in [6.07, 6.45) is 0. The first-order chi connectivity index (χ1) is 4.75. The second kappa shape index (κ2) is 2.64. The van der Waals surface area contributed by atoms with Crippen LogP contribution in [-0.4, -0.2) is 30.2 Å². The maximum absolute atomic E-state index is 10.8. The van der Waals surface area contributed by atoms with E-state index in [0.29, 0.717) is 0 Å². The van der Waals surface area contributed by atoms with Crippen LogP contribution >= 0.6 is 0 Å². The van der Waals surface area contributed by atoms with E-state index in [0.717, 1.165) is 5.06 Å². The minimum absolute atomic E-state index is 0.0491. The van der Waals surface area contributed by atoms with Gasteiger partial charge in [-0.15, -0.1) is 0 Å². The predicted octanol–water partition coefficient (Wildman–Crippen LogP) is -1.39. The minimum Gasteiger partial charge on any atom is -0.318 e. The summed E-state index contributed by atoms with van der Waals surface area (Å²) < 4.78 is 0. The van der Waals surface area contributed by atoms with Crippen molar-refractivity contribution >= 4 is 5.91 Å². The molecule has 0 aromatic carbocycles. The van der Waals surface area contributed by atoms with E-state index in [-0.39, 0.29) is 19.1 Å². The Kier molecular flexibility index (Phi) is 1.85. The van der Waals surface area contributed by atoms with Crippen molar-refractivity contribution in [3.8, 4) is 6.07 Å². The number of hydrogen-bond donors (Lipinski definition) is 1. The van der Waals surface area contributed by atoms with Gasteiger partial charge in [-0.05, 0) is 0 Å². The van der Waals surface area contributed by atoms with Gasteiger partial charge in [-0.25, -0.2) is 5.06 Å². The number of nitrogens with two attached hydrogens (primary N) is 1. The topological polar surface area (TPSA) is 79.3 Å². The zero-order valence-corrected chi connectivity index (χ0v) is 5.28. The zero-order chi connectivity index (χ0) is 7.56. The SMILES string of the molecule is N#CCN1OCC(N)C1=O. The molecule has 0 saturated carbocycles. The molecule has 1 unspecified atom stereocenters. The molecular weight excluding hydrogens is 134 g/mol. The molecule has 0 radical (unpaired) electrons. The zero-order valence-electron chi connectivity index (χ0n) is 5.28. The Bertz CT molecular complexity index is 186. The molecule has 0 spiro atoms. The summed E-state index contributed by atoms with van der Waals surface area (Å²) in [7, 11) is 0. The molecule has 0 aliphatic carbocycles. The molecular formula is C5H7N3O2. The third-order valence-electron chi connectivity index (χ3n) is 1.19. The molecule has 1 saturated heterocycles. The highest BCUT2D eigenvalue weighted by Gasteiger charge is 2.29. The highest BCUT2D eigenvalue weighted by Crippen LogP contribution is 2.03. The van der Waals surface area contributed by atoms with E-state index < -0.39 is 6.04 Å². The Morgan fingerprint density at radius 3 is 3.10 bits per heavy atom. The van der Waals surface area contributed by atoms with Crippen molar-refractivity contribution in [2.75, 3.05) is 13.2 Å². The average molecular weight is 141 g/mol. The molecule has 1 heterocycles. The van der Waals surface area contributed by atoms with Gasteiger partial charge >= 0.3 is 0 Å². The summed E-state index contributed by atoms with van der Waals surface area (Å²) in [5, 5.41) is 9.14. The van der Waals surface area contributed by atoms with Gasteiger partial charge in [0.1, 0.15) is 12.6 Å². The second-order valence-corrected chi connectivity index (χ2v) is 1.94. The molecule has 0 aromatic rings. The molecule has 2 N–H and O–H groups in total. The number of carbonyl (C=O) groups excluding carboxylic acids is 1. The van der Waals surface area contributed by atoms with Crippen LogP contribution in [0.5, 0.6) is 0 Å². The maximum atomic E-state index is 10.8. The number of carbonyl (C=O) groups is 1. The van der Waals surface area contributed by atoms with E-state index in [2.05, 4.69) is 0 Å². The molecule has 1 atom stereocenters. The van der Waals surface area contributed by atoms with Crippen molar-refractivity contribution < 1.29 is 9.63 Å². The Balaban J connectivity index is 2.51. The third-order valence-corrected chi connectivity index (χ3v) is 1.19. The minimum atomic E-state index is -0.589. The van der Waals surface area contributed by atoms with E-state index >= 15 is 0 Å². The van der Waals surface area contributed by atoms with Crippen LogP contribution < -0.4 is 5.73 Å². The van der Waals surface area contributed by atoms with Crippen molar-refractivity contribution in [3.05, 3.63) is 0 Å². The van der Waals surface area contributed by atoms with Crippen LogP contribution in [0.25, 0.3) is 0 Å². The third kappa shape index (κ3) is 1.07. The van der Waals surface area contributed by atoms with E-state index in [1.54, 1.807) is 6.07 Å². The van der Waals surface area contributed by atoms with Gasteiger partial charge in [0.2, 0.25) is 0 Å². The van der Waals surface area contributed by atoms with Crippen LogP contribution in [0.2, 0.25) is 0 Å². The Hall–Kier alpha value is -1.12. The predicted molar refractivity (Wildman–Crippen MR) is 31.3 cm³/mol. The first-order valence-electron chi connectivity index (χ1n) is 2.82. The Labute approximate surface area is 57.9 Å². The van der Waals surface area contributed by atoms with Gasteiger partial charge in [0.15, 0.2) is 0 Å². The fourth-order valence-corrected chi connectivity index (χ4v) is 0.678. The maximum Gasteiger partial charge on any atom is 0.266 e. The fourth-order valence-electron chi connectivity index (χ4n) is 0.678. The van der Waals surface area contributed by atoms with Gasteiger partial charge in [-0.1, -0.05) is 0 Å². The number of hydrogen-bond acceptors (Lipinski definition) is 4. The van der Waals surface area contributed by atoms with E-state index in [1.807, 2.05) is 0 Å². The molecule has 0 aromatic heterocycles. The Morgan fingerprint density at radius 1 is 2.00 bits per heavy atom. The van der Waals surface area contributed by atoms with Crippen molar-refractivity contribution in [2.24, 2.45) is 5.73 Å². The van der Waals surface area contributed by atoms with Gasteiger partial charge < -0.3 is 5.73 Å². The van der Waals surface area contributed by atoms with E-state index in [9.17, 15) is 4.79 Å². The van der Waals surface area contributed by atoms with Gasteiger partial charge in [0.05, 0.1) is 12.7 Å². The van der Waals surface area contributed by atoms with Crippen molar-refractivity contribution in [3.63, 3.8) is 0 Å². The summed E-state index contributed by atoms with van der Waals surface area (Å²) in [6.45, 7) is 0.132. The highest BCUT2D eigenvalue weighted by atomic mass is 16.7. The van der Waals surface area contributed by atoms with Gasteiger partial charge in [0.25, 0.3) is 5.91 Å². The lowest BCUT2D eigenvalue weighted by molar-refractivity contribution is -0.158. The largest absolute Gasteiger partial charge is 0.318 e. The molecule has 0 bridgehead atoms. The molecule has 1 aliphatic heterocycles. The first-order valence-corrected chi connectivity index (χ1v) is 2.82. The fraction of sp³-hybridized carbons (Fsp3) is 0.600. The standard InChI is InChI=1S/C5H7N3O2/c6-1-2-8-5(9)4(7)3-10-8/h4H,2-3,7H2. The first kappa shape index (κ1) is 6.99. The molecule has 5 heteroatoms. The van der Waals surface area contributed by atoms with Crippen molar-refractivity contribution in [1.82, 2.24) is 5.06 Å². The number of amides is 1. The van der Waals surface area contributed by atoms with Crippen LogP contribution in [0.3, 0.4) is 0 Å². The molecule has 54 valence electrons.